The SMILES string of the molecule is COc1ccc([C@@H]2SCCN2S(=O)(=O)c2ccc3cccc4c3c2CC4)cc1Br. The van der Waals surface area contributed by atoms with Crippen LogP contribution in [0, 0.1) is 0 Å². The van der Waals surface area contributed by atoms with Crippen LogP contribution in [-0.2, 0) is 22.9 Å². The molecule has 0 aromatic heterocycles. The van der Waals surface area contributed by atoms with E-state index in [0.717, 1.165) is 50.7 Å². The topological polar surface area (TPSA) is 46.6 Å². The molecule has 1 saturated heterocycles. The average Bonchev–Trinajstić information content (AvgIpc) is 3.37. The molecule has 5 rings (SSSR count). The first kappa shape index (κ1) is 19.4. The lowest BCUT2D eigenvalue weighted by Crippen LogP contribution is -2.31. The van der Waals surface area contributed by atoms with E-state index in [1.165, 1.54) is 5.56 Å². The van der Waals surface area contributed by atoms with Gasteiger partial charge in [0.25, 0.3) is 0 Å². The van der Waals surface area contributed by atoms with Crippen molar-refractivity contribution in [2.24, 2.45) is 0 Å². The lowest BCUT2D eigenvalue weighted by atomic mass is 10.1. The Labute approximate surface area is 183 Å². The van der Waals surface area contributed by atoms with Gasteiger partial charge >= 0.3 is 0 Å². The highest BCUT2D eigenvalue weighted by atomic mass is 79.9. The quantitative estimate of drug-likeness (QED) is 0.508. The van der Waals surface area contributed by atoms with E-state index >= 15 is 0 Å². The molecular weight excluding hydrogens is 470 g/mol. The molecule has 150 valence electrons. The third-order valence-electron chi connectivity index (χ3n) is 5.74. The number of hydrogen-bond acceptors (Lipinski definition) is 4. The molecule has 1 heterocycles. The van der Waals surface area contributed by atoms with Crippen LogP contribution in [0.2, 0.25) is 0 Å². The summed E-state index contributed by atoms with van der Waals surface area (Å²) in [6, 6.07) is 15.8. The highest BCUT2D eigenvalue weighted by Crippen LogP contribution is 2.45. The number of methoxy groups -OCH3 is 1. The molecule has 7 heteroatoms. The van der Waals surface area contributed by atoms with Gasteiger partial charge in [0, 0.05) is 12.3 Å². The Balaban J connectivity index is 1.58. The van der Waals surface area contributed by atoms with E-state index in [0.29, 0.717) is 11.4 Å². The first-order valence-electron chi connectivity index (χ1n) is 9.51. The summed E-state index contributed by atoms with van der Waals surface area (Å²) in [4.78, 5) is 0.468. The average molecular weight is 490 g/mol. The van der Waals surface area contributed by atoms with E-state index < -0.39 is 10.0 Å². The Morgan fingerprint density at radius 2 is 2.00 bits per heavy atom. The maximum atomic E-state index is 13.7. The van der Waals surface area contributed by atoms with E-state index in [9.17, 15) is 8.42 Å². The summed E-state index contributed by atoms with van der Waals surface area (Å²) in [6.07, 6.45) is 1.69. The normalized spacial score (nSPS) is 19.2. The van der Waals surface area contributed by atoms with E-state index in [1.807, 2.05) is 24.3 Å². The highest BCUT2D eigenvalue weighted by molar-refractivity contribution is 9.10. The lowest BCUT2D eigenvalue weighted by Gasteiger charge is -2.25. The molecule has 0 spiro atoms. The Bertz CT molecular complexity index is 1230. The first-order valence-corrected chi connectivity index (χ1v) is 12.8. The summed E-state index contributed by atoms with van der Waals surface area (Å²) in [7, 11) is -1.98. The van der Waals surface area contributed by atoms with Gasteiger partial charge in [-0.1, -0.05) is 30.3 Å². The molecule has 0 saturated carbocycles. The van der Waals surface area contributed by atoms with Gasteiger partial charge < -0.3 is 4.74 Å². The maximum Gasteiger partial charge on any atom is 0.244 e. The predicted molar refractivity (Wildman–Crippen MR) is 121 cm³/mol. The van der Waals surface area contributed by atoms with Crippen molar-refractivity contribution in [3.05, 3.63) is 69.7 Å². The number of benzene rings is 3. The Kier molecular flexibility index (Phi) is 4.89. The van der Waals surface area contributed by atoms with E-state index in [2.05, 4.69) is 34.1 Å². The van der Waals surface area contributed by atoms with Gasteiger partial charge in [-0.05, 0) is 74.4 Å². The molecule has 1 atom stereocenters. The molecule has 2 aliphatic rings. The van der Waals surface area contributed by atoms with Crippen molar-refractivity contribution in [3.63, 3.8) is 0 Å². The lowest BCUT2D eigenvalue weighted by molar-refractivity contribution is 0.410. The summed E-state index contributed by atoms with van der Waals surface area (Å²) in [6.45, 7) is 0.514. The van der Waals surface area contributed by atoms with Gasteiger partial charge in [-0.25, -0.2) is 8.42 Å². The van der Waals surface area contributed by atoms with Gasteiger partial charge in [0.2, 0.25) is 10.0 Å². The number of halogens is 1. The third-order valence-corrected chi connectivity index (χ3v) is 9.70. The molecule has 3 aromatic carbocycles. The smallest absolute Gasteiger partial charge is 0.244 e. The molecule has 0 radical (unpaired) electrons. The number of nitrogens with zero attached hydrogens (tertiary/aromatic N) is 1. The number of ether oxygens (including phenoxy) is 1. The first-order chi connectivity index (χ1) is 14.0. The van der Waals surface area contributed by atoms with Crippen LogP contribution in [0.4, 0.5) is 0 Å². The van der Waals surface area contributed by atoms with Crippen LogP contribution in [0.3, 0.4) is 0 Å². The summed E-state index contributed by atoms with van der Waals surface area (Å²) >= 11 is 5.19. The van der Waals surface area contributed by atoms with Gasteiger partial charge in [0.05, 0.1) is 21.9 Å². The van der Waals surface area contributed by atoms with Gasteiger partial charge in [0.1, 0.15) is 5.75 Å². The second-order valence-corrected chi connectivity index (χ2v) is 11.2. The van der Waals surface area contributed by atoms with Crippen molar-refractivity contribution in [2.75, 3.05) is 19.4 Å². The summed E-state index contributed by atoms with van der Waals surface area (Å²) in [5, 5.41) is 2.02. The van der Waals surface area contributed by atoms with Crippen LogP contribution in [0.5, 0.6) is 5.75 Å². The molecule has 1 aliphatic heterocycles. The van der Waals surface area contributed by atoms with Gasteiger partial charge in [-0.2, -0.15) is 4.31 Å². The predicted octanol–water partition coefficient (Wildman–Crippen LogP) is 5.15. The van der Waals surface area contributed by atoms with Crippen molar-refractivity contribution >= 4 is 48.5 Å². The molecule has 0 amide bonds. The molecular formula is C22H20BrNO3S2. The maximum absolute atomic E-state index is 13.7. The fraction of sp³-hybridized carbons (Fsp3) is 0.273. The summed E-state index contributed by atoms with van der Waals surface area (Å²) in [5.74, 6) is 1.52. The van der Waals surface area contributed by atoms with Crippen LogP contribution in [0.25, 0.3) is 10.8 Å². The third kappa shape index (κ3) is 3.10. The highest BCUT2D eigenvalue weighted by Gasteiger charge is 2.39. The van der Waals surface area contributed by atoms with Crippen molar-refractivity contribution in [2.45, 2.75) is 23.1 Å². The Morgan fingerprint density at radius 3 is 2.79 bits per heavy atom. The molecule has 0 unspecified atom stereocenters. The Hall–Kier alpha value is -1.54. The molecule has 0 N–H and O–H groups in total. The molecule has 1 fully saturated rings. The van der Waals surface area contributed by atoms with Crippen LogP contribution in [-0.4, -0.2) is 32.1 Å². The fourth-order valence-electron chi connectivity index (χ4n) is 4.40. The molecule has 0 bridgehead atoms. The van der Waals surface area contributed by atoms with E-state index in [-0.39, 0.29) is 5.37 Å². The minimum Gasteiger partial charge on any atom is -0.496 e. The van der Waals surface area contributed by atoms with E-state index in [4.69, 9.17) is 4.74 Å². The number of hydrogen-bond donors (Lipinski definition) is 0. The second kappa shape index (κ2) is 7.30. The molecule has 29 heavy (non-hydrogen) atoms. The monoisotopic (exact) mass is 489 g/mol. The largest absolute Gasteiger partial charge is 0.496 e. The molecule has 3 aromatic rings. The molecule has 4 nitrogen and oxygen atoms in total. The fourth-order valence-corrected chi connectivity index (χ4v) is 8.45. The zero-order valence-electron chi connectivity index (χ0n) is 15.9. The minimum atomic E-state index is -3.60. The zero-order valence-corrected chi connectivity index (χ0v) is 19.1. The van der Waals surface area contributed by atoms with Crippen molar-refractivity contribution < 1.29 is 13.2 Å². The number of thioether (sulfide) groups is 1. The summed E-state index contributed by atoms with van der Waals surface area (Å²) < 4.78 is 35.3. The molecule has 1 aliphatic carbocycles. The number of sulfonamides is 1. The van der Waals surface area contributed by atoms with Crippen LogP contribution < -0.4 is 4.74 Å². The van der Waals surface area contributed by atoms with E-state index in [1.54, 1.807) is 29.2 Å². The van der Waals surface area contributed by atoms with Gasteiger partial charge in [-0.15, -0.1) is 11.8 Å². The van der Waals surface area contributed by atoms with Crippen LogP contribution in [0.15, 0.2) is 57.9 Å². The number of rotatable bonds is 4. The van der Waals surface area contributed by atoms with Crippen LogP contribution in [0.1, 0.15) is 22.1 Å². The van der Waals surface area contributed by atoms with Gasteiger partial charge in [-0.3, -0.25) is 0 Å². The van der Waals surface area contributed by atoms with Crippen molar-refractivity contribution in [3.8, 4) is 5.75 Å². The second-order valence-electron chi connectivity index (χ2n) is 7.29. The standard InChI is InChI=1S/C22H20BrNO3S2/c1-27-19-9-6-16(13-18(19)23)22-24(11-12-28-22)29(25,26)20-10-7-15-4-2-3-14-5-8-17(20)21(14)15/h2-4,6-7,9-10,13,22H,5,8,11-12H2,1H3/t22-/m0/s1. The van der Waals surface area contributed by atoms with Crippen molar-refractivity contribution in [1.82, 2.24) is 4.31 Å². The number of aryl methyl sites for hydroxylation is 2. The minimum absolute atomic E-state index is 0.234. The van der Waals surface area contributed by atoms with Crippen LogP contribution >= 0.6 is 27.7 Å². The summed E-state index contributed by atoms with van der Waals surface area (Å²) in [5.41, 5.74) is 3.19. The van der Waals surface area contributed by atoms with Crippen molar-refractivity contribution in [1.29, 1.82) is 0 Å². The van der Waals surface area contributed by atoms with Gasteiger partial charge in [0.15, 0.2) is 0 Å². The zero-order chi connectivity index (χ0) is 20.2. The Morgan fingerprint density at radius 1 is 1.14 bits per heavy atom.